The Hall–Kier alpha value is -4.04. The van der Waals surface area contributed by atoms with Crippen LogP contribution in [0, 0.1) is 21.4 Å². The summed E-state index contributed by atoms with van der Waals surface area (Å²) in [5.74, 6) is -0.416. The summed E-state index contributed by atoms with van der Waals surface area (Å²) >= 11 is 0. The van der Waals surface area contributed by atoms with E-state index in [0.29, 0.717) is 42.2 Å². The van der Waals surface area contributed by atoms with Gasteiger partial charge in [-0.15, -0.1) is 10.2 Å². The molecule has 0 atom stereocenters. The average molecular weight is 441 g/mol. The summed E-state index contributed by atoms with van der Waals surface area (Å²) in [6.45, 7) is 2.66. The van der Waals surface area contributed by atoms with Crippen LogP contribution >= 0.6 is 0 Å². The Balaban J connectivity index is 2.40. The van der Waals surface area contributed by atoms with Gasteiger partial charge >= 0.3 is 5.97 Å². The van der Waals surface area contributed by atoms with Crippen molar-refractivity contribution >= 4 is 28.7 Å². The van der Waals surface area contributed by atoms with E-state index in [1.54, 1.807) is 12.1 Å². The fourth-order valence-electron chi connectivity index (χ4n) is 3.02. The maximum Gasteiger partial charge on any atom is 0.303 e. The minimum atomic E-state index is -0.872. The quantitative estimate of drug-likeness (QED) is 0.299. The molecule has 2 aromatic rings. The lowest BCUT2D eigenvalue weighted by Gasteiger charge is -2.26. The molecule has 2 rings (SSSR count). The molecule has 0 fully saturated rings. The van der Waals surface area contributed by atoms with Crippen LogP contribution in [0.4, 0.5) is 22.7 Å². The van der Waals surface area contributed by atoms with Crippen LogP contribution in [0.25, 0.3) is 0 Å². The Kier molecular flexibility index (Phi) is 8.62. The molecular formula is C21H23N5O6. The van der Waals surface area contributed by atoms with Gasteiger partial charge in [-0.05, 0) is 25.5 Å². The highest BCUT2D eigenvalue weighted by Gasteiger charge is 2.16. The first-order valence-corrected chi connectivity index (χ1v) is 9.73. The maximum atomic E-state index is 10.9. The lowest BCUT2D eigenvalue weighted by Crippen LogP contribution is -2.25. The molecule has 0 unspecified atom stereocenters. The number of nitrogens with zero attached hydrogens (tertiary/aromatic N) is 5. The molecule has 0 heterocycles. The molecule has 168 valence electrons. The number of azo groups is 1. The maximum absolute atomic E-state index is 10.9. The van der Waals surface area contributed by atoms with E-state index in [4.69, 9.17) is 9.84 Å². The zero-order valence-corrected chi connectivity index (χ0v) is 17.7. The summed E-state index contributed by atoms with van der Waals surface area (Å²) in [7, 11) is 1.48. The first-order chi connectivity index (χ1) is 15.3. The summed E-state index contributed by atoms with van der Waals surface area (Å²) in [6, 6.07) is 8.80. The SMILES string of the molecule is CCN(CCCC(=O)O)c1cc(CO)c(N=Nc2ccc([N+](=O)[O-])cc2C#N)cc1OC. The molecule has 2 aromatic carbocycles. The molecule has 0 aliphatic rings. The van der Waals surface area contributed by atoms with Gasteiger partial charge in [0.1, 0.15) is 17.5 Å². The van der Waals surface area contributed by atoms with E-state index in [1.165, 1.54) is 19.2 Å². The van der Waals surface area contributed by atoms with Crippen LogP contribution in [0.1, 0.15) is 30.9 Å². The third kappa shape index (κ3) is 5.99. The molecule has 0 saturated carbocycles. The van der Waals surface area contributed by atoms with Crippen molar-refractivity contribution in [3.05, 3.63) is 51.6 Å². The number of carboxylic acid groups (broad SMARTS) is 1. The van der Waals surface area contributed by atoms with E-state index >= 15 is 0 Å². The second-order valence-electron chi connectivity index (χ2n) is 6.66. The van der Waals surface area contributed by atoms with Gasteiger partial charge in [0.2, 0.25) is 0 Å². The third-order valence-corrected chi connectivity index (χ3v) is 4.67. The van der Waals surface area contributed by atoms with Gasteiger partial charge in [-0.1, -0.05) is 0 Å². The predicted octanol–water partition coefficient (Wildman–Crippen LogP) is 4.07. The van der Waals surface area contributed by atoms with E-state index < -0.39 is 10.9 Å². The number of carbonyl (C=O) groups is 1. The van der Waals surface area contributed by atoms with Gasteiger partial charge in [0.05, 0.1) is 35.6 Å². The van der Waals surface area contributed by atoms with Crippen LogP contribution in [0.3, 0.4) is 0 Å². The molecule has 0 saturated heterocycles. The Bertz CT molecular complexity index is 1060. The van der Waals surface area contributed by atoms with Crippen LogP contribution in [0.5, 0.6) is 5.75 Å². The van der Waals surface area contributed by atoms with Crippen molar-refractivity contribution in [3.63, 3.8) is 0 Å². The number of non-ortho nitro benzene ring substituents is 1. The van der Waals surface area contributed by atoms with Crippen molar-refractivity contribution in [2.45, 2.75) is 26.4 Å². The number of carboxylic acids is 1. The summed E-state index contributed by atoms with van der Waals surface area (Å²) in [5, 5.41) is 47.0. The molecule has 0 bridgehead atoms. The highest BCUT2D eigenvalue weighted by Crippen LogP contribution is 2.37. The molecule has 0 aliphatic carbocycles. The molecule has 0 aromatic heterocycles. The first-order valence-electron chi connectivity index (χ1n) is 9.73. The molecule has 0 aliphatic heterocycles. The van der Waals surface area contributed by atoms with Crippen LogP contribution in [0.2, 0.25) is 0 Å². The Morgan fingerprint density at radius 1 is 1.28 bits per heavy atom. The molecule has 32 heavy (non-hydrogen) atoms. The number of hydrogen-bond donors (Lipinski definition) is 2. The number of nitro benzene ring substituents is 1. The lowest BCUT2D eigenvalue weighted by atomic mass is 10.1. The van der Waals surface area contributed by atoms with Crippen LogP contribution < -0.4 is 9.64 Å². The lowest BCUT2D eigenvalue weighted by molar-refractivity contribution is -0.384. The van der Waals surface area contributed by atoms with E-state index in [0.717, 1.165) is 6.07 Å². The van der Waals surface area contributed by atoms with Gasteiger partial charge in [0, 0.05) is 43.3 Å². The van der Waals surface area contributed by atoms with Crippen molar-refractivity contribution < 1.29 is 24.7 Å². The minimum absolute atomic E-state index is 0.00678. The fourth-order valence-corrected chi connectivity index (χ4v) is 3.02. The van der Waals surface area contributed by atoms with Crippen molar-refractivity contribution in [1.29, 1.82) is 5.26 Å². The molecule has 0 amide bonds. The van der Waals surface area contributed by atoms with Crippen molar-refractivity contribution in [2.24, 2.45) is 10.2 Å². The van der Waals surface area contributed by atoms with Crippen molar-refractivity contribution in [3.8, 4) is 11.8 Å². The van der Waals surface area contributed by atoms with Crippen LogP contribution in [-0.4, -0.2) is 41.3 Å². The number of aliphatic hydroxyl groups excluding tert-OH is 1. The fraction of sp³-hybridized carbons (Fsp3) is 0.333. The number of methoxy groups -OCH3 is 1. The molecule has 11 heteroatoms. The van der Waals surface area contributed by atoms with Crippen LogP contribution in [0.15, 0.2) is 40.6 Å². The summed E-state index contributed by atoms with van der Waals surface area (Å²) in [4.78, 5) is 23.0. The first kappa shape index (κ1) is 24.2. The van der Waals surface area contributed by atoms with Gasteiger partial charge in [-0.25, -0.2) is 0 Å². The largest absolute Gasteiger partial charge is 0.495 e. The topological polar surface area (TPSA) is 162 Å². The number of nitriles is 1. The second-order valence-corrected chi connectivity index (χ2v) is 6.66. The smallest absolute Gasteiger partial charge is 0.303 e. The molecule has 2 N–H and O–H groups in total. The monoisotopic (exact) mass is 441 g/mol. The van der Waals surface area contributed by atoms with Gasteiger partial charge < -0.3 is 19.8 Å². The summed E-state index contributed by atoms with van der Waals surface area (Å²) in [6.07, 6.45) is 0.480. The van der Waals surface area contributed by atoms with E-state index in [9.17, 15) is 25.3 Å². The van der Waals surface area contributed by atoms with E-state index in [2.05, 4.69) is 10.2 Å². The Morgan fingerprint density at radius 3 is 2.56 bits per heavy atom. The number of nitro groups is 1. The van der Waals surface area contributed by atoms with E-state index in [-0.39, 0.29) is 30.0 Å². The Morgan fingerprint density at radius 2 is 2.00 bits per heavy atom. The zero-order chi connectivity index (χ0) is 23.7. The Labute approximate surface area is 184 Å². The van der Waals surface area contributed by atoms with Gasteiger partial charge in [-0.2, -0.15) is 5.26 Å². The highest BCUT2D eigenvalue weighted by molar-refractivity contribution is 5.68. The third-order valence-electron chi connectivity index (χ3n) is 4.67. The zero-order valence-electron chi connectivity index (χ0n) is 17.7. The highest BCUT2D eigenvalue weighted by atomic mass is 16.6. The number of ether oxygens (including phenoxy) is 1. The second kappa shape index (κ2) is 11.4. The summed E-state index contributed by atoms with van der Waals surface area (Å²) in [5.41, 5.74) is 1.33. The summed E-state index contributed by atoms with van der Waals surface area (Å²) < 4.78 is 5.47. The van der Waals surface area contributed by atoms with Gasteiger partial charge in [0.25, 0.3) is 5.69 Å². The molecule has 0 spiro atoms. The number of rotatable bonds is 11. The molecule has 11 nitrogen and oxygen atoms in total. The van der Waals surface area contributed by atoms with Crippen molar-refractivity contribution in [2.75, 3.05) is 25.1 Å². The van der Waals surface area contributed by atoms with Gasteiger partial charge in [-0.3, -0.25) is 14.9 Å². The standard InChI is InChI=1S/C21H23N5O6/c1-3-25(8-4-5-21(28)29)19-10-15(13-27)18(11-20(19)32-2)24-23-17-7-6-16(26(30)31)9-14(17)12-22/h6-7,9-11,27H,3-5,8,13H2,1-2H3,(H,28,29). The normalized spacial score (nSPS) is 10.7. The number of aliphatic carboxylic acids is 1. The number of aliphatic hydroxyl groups is 1. The number of benzene rings is 2. The average Bonchev–Trinajstić information content (AvgIpc) is 2.79. The number of anilines is 1. The predicted molar refractivity (Wildman–Crippen MR) is 116 cm³/mol. The minimum Gasteiger partial charge on any atom is -0.495 e. The van der Waals surface area contributed by atoms with Gasteiger partial charge in [0.15, 0.2) is 0 Å². The van der Waals surface area contributed by atoms with Crippen LogP contribution in [-0.2, 0) is 11.4 Å². The van der Waals surface area contributed by atoms with E-state index in [1.807, 2.05) is 17.9 Å². The molecular weight excluding hydrogens is 418 g/mol. The number of hydrogen-bond acceptors (Lipinski definition) is 9. The molecule has 0 radical (unpaired) electrons. The van der Waals surface area contributed by atoms with Crippen molar-refractivity contribution in [1.82, 2.24) is 0 Å².